The molecule has 1 atom stereocenters. The second kappa shape index (κ2) is 4.67. The normalized spacial score (nSPS) is 19.0. The molecule has 2 N–H and O–H groups in total. The first-order valence-electron chi connectivity index (χ1n) is 5.39. The van der Waals surface area contributed by atoms with Crippen LogP contribution in [0, 0.1) is 17.7 Å². The topological polar surface area (TPSA) is 76.3 Å². The number of carbonyl (C=O) groups is 2. The Morgan fingerprint density at radius 3 is 2.78 bits per heavy atom. The van der Waals surface area contributed by atoms with Crippen LogP contribution in [0.25, 0.3) is 0 Å². The van der Waals surface area contributed by atoms with Gasteiger partial charge in [-0.25, -0.2) is 9.37 Å². The van der Waals surface area contributed by atoms with E-state index in [1.54, 1.807) is 0 Å². The van der Waals surface area contributed by atoms with Gasteiger partial charge in [0.1, 0.15) is 0 Å². The number of hydrogen-bond acceptors (Lipinski definition) is 3. The van der Waals surface area contributed by atoms with E-state index < -0.39 is 29.5 Å². The molecule has 2 rings (SSSR count). The minimum absolute atomic E-state index is 0.136. The van der Waals surface area contributed by atoms with E-state index in [0.717, 1.165) is 12.3 Å². The molecule has 1 unspecified atom stereocenters. The molecule has 1 aliphatic rings. The Kier molecular flexibility index (Phi) is 3.22. The van der Waals surface area contributed by atoms with Crippen LogP contribution in [0.4, 0.5) is 8.78 Å². The van der Waals surface area contributed by atoms with Crippen LogP contribution < -0.4 is 5.73 Å². The molecule has 1 aromatic heterocycles. The lowest BCUT2D eigenvalue weighted by Gasteiger charge is -2.16. The van der Waals surface area contributed by atoms with Gasteiger partial charge in [0.2, 0.25) is 11.9 Å². The molecule has 1 aromatic rings. The van der Waals surface area contributed by atoms with E-state index in [9.17, 15) is 18.4 Å². The SMILES string of the molecule is NC(=O)C1CCN(C(=O)c2ccnc(F)c2F)C1. The fourth-order valence-corrected chi connectivity index (χ4v) is 1.93. The largest absolute Gasteiger partial charge is 0.369 e. The number of primary amides is 1. The average Bonchev–Trinajstić information content (AvgIpc) is 2.81. The summed E-state index contributed by atoms with van der Waals surface area (Å²) in [5.41, 5.74) is 4.75. The second-order valence-corrected chi connectivity index (χ2v) is 4.10. The molecule has 2 heterocycles. The quantitative estimate of drug-likeness (QED) is 0.772. The van der Waals surface area contributed by atoms with Gasteiger partial charge in [-0.3, -0.25) is 9.59 Å². The van der Waals surface area contributed by atoms with Crippen LogP contribution in [0.2, 0.25) is 0 Å². The number of hydrogen-bond donors (Lipinski definition) is 1. The van der Waals surface area contributed by atoms with Gasteiger partial charge in [-0.05, 0) is 12.5 Å². The minimum atomic E-state index is -1.31. The lowest BCUT2D eigenvalue weighted by Crippen LogP contribution is -2.32. The van der Waals surface area contributed by atoms with Crippen molar-refractivity contribution in [2.45, 2.75) is 6.42 Å². The Morgan fingerprint density at radius 2 is 2.17 bits per heavy atom. The first-order chi connectivity index (χ1) is 8.50. The van der Waals surface area contributed by atoms with Crippen molar-refractivity contribution in [2.24, 2.45) is 11.7 Å². The third kappa shape index (κ3) is 2.15. The highest BCUT2D eigenvalue weighted by Gasteiger charge is 2.31. The molecule has 5 nitrogen and oxygen atoms in total. The molecular formula is C11H11F2N3O2. The highest BCUT2D eigenvalue weighted by Crippen LogP contribution is 2.20. The number of likely N-dealkylation sites (tertiary alicyclic amines) is 1. The molecule has 7 heteroatoms. The molecule has 0 radical (unpaired) electrons. The van der Waals surface area contributed by atoms with Crippen LogP contribution in [0.5, 0.6) is 0 Å². The van der Waals surface area contributed by atoms with E-state index >= 15 is 0 Å². The number of nitrogens with zero attached hydrogens (tertiary/aromatic N) is 2. The van der Waals surface area contributed by atoms with Gasteiger partial charge < -0.3 is 10.6 Å². The summed E-state index contributed by atoms with van der Waals surface area (Å²) in [6.07, 6.45) is 1.46. The van der Waals surface area contributed by atoms with Crippen LogP contribution >= 0.6 is 0 Å². The Balaban J connectivity index is 2.18. The summed E-state index contributed by atoms with van der Waals surface area (Å²) < 4.78 is 26.3. The Bertz CT molecular complexity index is 507. The highest BCUT2D eigenvalue weighted by molar-refractivity contribution is 5.95. The first-order valence-corrected chi connectivity index (χ1v) is 5.39. The monoisotopic (exact) mass is 255 g/mol. The van der Waals surface area contributed by atoms with Crippen LogP contribution in [0.1, 0.15) is 16.8 Å². The first kappa shape index (κ1) is 12.4. The molecule has 0 aliphatic carbocycles. The Labute approximate surface area is 102 Å². The summed E-state index contributed by atoms with van der Waals surface area (Å²) in [7, 11) is 0. The summed E-state index contributed by atoms with van der Waals surface area (Å²) in [5.74, 6) is -4.16. The summed E-state index contributed by atoms with van der Waals surface area (Å²) in [6, 6.07) is 1.11. The van der Waals surface area contributed by atoms with Crippen molar-refractivity contribution in [1.82, 2.24) is 9.88 Å². The number of nitrogens with two attached hydrogens (primary N) is 1. The summed E-state index contributed by atoms with van der Waals surface area (Å²) >= 11 is 0. The smallest absolute Gasteiger partial charge is 0.257 e. The van der Waals surface area contributed by atoms with Gasteiger partial charge in [0.15, 0.2) is 5.82 Å². The maximum absolute atomic E-state index is 13.4. The van der Waals surface area contributed by atoms with Gasteiger partial charge in [-0.1, -0.05) is 0 Å². The predicted molar refractivity (Wildman–Crippen MR) is 57.4 cm³/mol. The lowest BCUT2D eigenvalue weighted by molar-refractivity contribution is -0.121. The minimum Gasteiger partial charge on any atom is -0.369 e. The number of halogens is 2. The molecule has 0 bridgehead atoms. The molecule has 1 fully saturated rings. The summed E-state index contributed by atoms with van der Waals surface area (Å²) in [5, 5.41) is 0. The second-order valence-electron chi connectivity index (χ2n) is 4.10. The third-order valence-corrected chi connectivity index (χ3v) is 2.95. The fraction of sp³-hybridized carbons (Fsp3) is 0.364. The van der Waals surface area contributed by atoms with Crippen molar-refractivity contribution in [3.63, 3.8) is 0 Å². The van der Waals surface area contributed by atoms with Gasteiger partial charge in [-0.2, -0.15) is 4.39 Å². The standard InChI is InChI=1S/C11H11F2N3O2/c12-8-7(1-3-15-9(8)13)11(18)16-4-2-6(5-16)10(14)17/h1,3,6H,2,4-5H2,(H2,14,17). The van der Waals surface area contributed by atoms with Crippen LogP contribution in [0.3, 0.4) is 0 Å². The third-order valence-electron chi connectivity index (χ3n) is 2.95. The summed E-state index contributed by atoms with van der Waals surface area (Å²) in [6.45, 7) is 0.438. The zero-order chi connectivity index (χ0) is 13.3. The molecule has 18 heavy (non-hydrogen) atoms. The predicted octanol–water partition coefficient (Wildman–Crippen LogP) is 0.307. The van der Waals surface area contributed by atoms with Crippen molar-refractivity contribution in [3.05, 3.63) is 29.6 Å². The van der Waals surface area contributed by atoms with Gasteiger partial charge in [-0.15, -0.1) is 0 Å². The lowest BCUT2D eigenvalue weighted by atomic mass is 10.1. The van der Waals surface area contributed by atoms with Gasteiger partial charge in [0.25, 0.3) is 5.91 Å². The molecular weight excluding hydrogens is 244 g/mol. The zero-order valence-electron chi connectivity index (χ0n) is 9.40. The molecule has 0 spiro atoms. The van der Waals surface area contributed by atoms with Crippen LogP contribution in [0.15, 0.2) is 12.3 Å². The van der Waals surface area contributed by atoms with Crippen LogP contribution in [-0.2, 0) is 4.79 Å². The van der Waals surface area contributed by atoms with Crippen molar-refractivity contribution >= 4 is 11.8 Å². The van der Waals surface area contributed by atoms with Gasteiger partial charge >= 0.3 is 0 Å². The summed E-state index contributed by atoms with van der Waals surface area (Å²) in [4.78, 5) is 27.3. The average molecular weight is 255 g/mol. The molecule has 0 aromatic carbocycles. The zero-order valence-corrected chi connectivity index (χ0v) is 9.40. The van der Waals surface area contributed by atoms with E-state index in [1.165, 1.54) is 4.90 Å². The van der Waals surface area contributed by atoms with E-state index in [0.29, 0.717) is 13.0 Å². The van der Waals surface area contributed by atoms with Crippen molar-refractivity contribution in [3.8, 4) is 0 Å². The Hall–Kier alpha value is -2.05. The molecule has 0 saturated carbocycles. The molecule has 96 valence electrons. The van der Waals surface area contributed by atoms with E-state index in [4.69, 9.17) is 5.73 Å². The number of amides is 2. The van der Waals surface area contributed by atoms with E-state index in [-0.39, 0.29) is 12.1 Å². The maximum atomic E-state index is 13.4. The molecule has 1 aliphatic heterocycles. The number of carbonyl (C=O) groups excluding carboxylic acids is 2. The Morgan fingerprint density at radius 1 is 1.44 bits per heavy atom. The van der Waals surface area contributed by atoms with Gasteiger partial charge in [0, 0.05) is 19.3 Å². The van der Waals surface area contributed by atoms with Gasteiger partial charge in [0.05, 0.1) is 11.5 Å². The molecule has 2 amide bonds. The van der Waals surface area contributed by atoms with E-state index in [2.05, 4.69) is 4.98 Å². The number of pyridine rings is 1. The van der Waals surface area contributed by atoms with Crippen molar-refractivity contribution < 1.29 is 18.4 Å². The maximum Gasteiger partial charge on any atom is 0.257 e. The number of aromatic nitrogens is 1. The highest BCUT2D eigenvalue weighted by atomic mass is 19.2. The van der Waals surface area contributed by atoms with E-state index in [1.807, 2.05) is 0 Å². The number of rotatable bonds is 2. The molecule has 1 saturated heterocycles. The van der Waals surface area contributed by atoms with Crippen molar-refractivity contribution in [2.75, 3.05) is 13.1 Å². The van der Waals surface area contributed by atoms with Crippen molar-refractivity contribution in [1.29, 1.82) is 0 Å². The van der Waals surface area contributed by atoms with Crippen LogP contribution in [-0.4, -0.2) is 34.8 Å². The fourth-order valence-electron chi connectivity index (χ4n) is 1.93.